The lowest BCUT2D eigenvalue weighted by molar-refractivity contribution is -0.118. The molecule has 0 aliphatic carbocycles. The van der Waals surface area contributed by atoms with Crippen molar-refractivity contribution in [1.82, 2.24) is 15.0 Å². The number of rotatable bonds is 6. The molecule has 15 heteroatoms. The van der Waals surface area contributed by atoms with Gasteiger partial charge in [-0.05, 0) is 19.1 Å². The van der Waals surface area contributed by atoms with Gasteiger partial charge in [-0.1, -0.05) is 0 Å². The molecule has 0 radical (unpaired) electrons. The summed E-state index contributed by atoms with van der Waals surface area (Å²) in [6.07, 6.45) is -1.87. The monoisotopic (exact) mass is 461 g/mol. The number of carbonyl (C=O) groups is 1. The molecule has 2 aromatic heterocycles. The van der Waals surface area contributed by atoms with Gasteiger partial charge in [0.2, 0.25) is 5.88 Å². The molecule has 3 heterocycles. The van der Waals surface area contributed by atoms with Crippen LogP contribution in [0.5, 0.6) is 5.88 Å². The number of nitrogen functional groups attached to an aromatic ring is 1. The minimum atomic E-state index is -3.67. The molecule has 1 amide bonds. The van der Waals surface area contributed by atoms with Crippen LogP contribution in [-0.4, -0.2) is 52.4 Å². The molecule has 5 N–H and O–H groups in total. The third kappa shape index (κ3) is 4.45. The SMILES string of the molecule is CC1(c2nc(NC(=O)c3ncc(OCC(F)F)nc3N)ccc2F)N=C(N)OCC1(F)F. The van der Waals surface area contributed by atoms with Crippen molar-refractivity contribution < 1.29 is 36.2 Å². The summed E-state index contributed by atoms with van der Waals surface area (Å²) in [7, 11) is 0. The number of ether oxygens (including phenoxy) is 2. The smallest absolute Gasteiger partial charge is 0.311 e. The summed E-state index contributed by atoms with van der Waals surface area (Å²) in [5, 5.41) is 2.22. The van der Waals surface area contributed by atoms with E-state index in [2.05, 4.69) is 34.7 Å². The van der Waals surface area contributed by atoms with Crippen molar-refractivity contribution >= 4 is 23.6 Å². The lowest BCUT2D eigenvalue weighted by Gasteiger charge is -2.36. The molecule has 1 unspecified atom stereocenters. The first kappa shape index (κ1) is 22.9. The van der Waals surface area contributed by atoms with Crippen LogP contribution in [0.2, 0.25) is 0 Å². The van der Waals surface area contributed by atoms with E-state index >= 15 is 0 Å². The van der Waals surface area contributed by atoms with Crippen molar-refractivity contribution in [3.05, 3.63) is 35.5 Å². The van der Waals surface area contributed by atoms with Crippen molar-refractivity contribution in [3.8, 4) is 5.88 Å². The molecule has 1 aliphatic rings. The first-order valence-corrected chi connectivity index (χ1v) is 8.81. The van der Waals surface area contributed by atoms with E-state index in [1.807, 2.05) is 0 Å². The van der Waals surface area contributed by atoms with E-state index in [-0.39, 0.29) is 11.7 Å². The van der Waals surface area contributed by atoms with E-state index in [0.29, 0.717) is 0 Å². The normalized spacial score (nSPS) is 19.8. The van der Waals surface area contributed by atoms with Gasteiger partial charge in [0, 0.05) is 0 Å². The first-order chi connectivity index (χ1) is 14.9. The Kier molecular flexibility index (Phi) is 6.00. The van der Waals surface area contributed by atoms with Crippen molar-refractivity contribution in [2.75, 3.05) is 24.3 Å². The number of nitrogens with zero attached hydrogens (tertiary/aromatic N) is 4. The molecular weight excluding hydrogens is 445 g/mol. The van der Waals surface area contributed by atoms with Crippen molar-refractivity contribution in [2.24, 2.45) is 10.7 Å². The van der Waals surface area contributed by atoms with Crippen LogP contribution in [0.4, 0.5) is 33.6 Å². The Morgan fingerprint density at radius 2 is 2.03 bits per heavy atom. The van der Waals surface area contributed by atoms with E-state index < -0.39 is 66.1 Å². The van der Waals surface area contributed by atoms with Gasteiger partial charge < -0.3 is 26.3 Å². The van der Waals surface area contributed by atoms with Crippen molar-refractivity contribution in [2.45, 2.75) is 24.8 Å². The van der Waals surface area contributed by atoms with E-state index in [9.17, 15) is 26.7 Å². The maximum atomic E-state index is 14.5. The number of pyridine rings is 1. The highest BCUT2D eigenvalue weighted by molar-refractivity contribution is 6.05. The van der Waals surface area contributed by atoms with Crippen LogP contribution in [0.25, 0.3) is 0 Å². The zero-order chi connectivity index (χ0) is 23.7. The summed E-state index contributed by atoms with van der Waals surface area (Å²) in [6, 6.07) is 1.23. The van der Waals surface area contributed by atoms with E-state index in [1.54, 1.807) is 0 Å². The van der Waals surface area contributed by atoms with Gasteiger partial charge in [0.25, 0.3) is 18.4 Å². The van der Waals surface area contributed by atoms with E-state index in [4.69, 9.17) is 11.5 Å². The van der Waals surface area contributed by atoms with Gasteiger partial charge >= 0.3 is 5.92 Å². The lowest BCUT2D eigenvalue weighted by atomic mass is 9.89. The molecule has 0 bridgehead atoms. The fourth-order valence-electron chi connectivity index (χ4n) is 2.67. The second-order valence-corrected chi connectivity index (χ2v) is 6.64. The minimum absolute atomic E-state index is 0.331. The zero-order valence-corrected chi connectivity index (χ0v) is 16.3. The van der Waals surface area contributed by atoms with Crippen LogP contribution in [0.1, 0.15) is 23.1 Å². The van der Waals surface area contributed by atoms with Crippen LogP contribution in [0, 0.1) is 5.82 Å². The lowest BCUT2D eigenvalue weighted by Crippen LogP contribution is -2.51. The van der Waals surface area contributed by atoms with E-state index in [0.717, 1.165) is 25.3 Å². The van der Waals surface area contributed by atoms with Gasteiger partial charge in [-0.3, -0.25) is 4.79 Å². The minimum Gasteiger partial charge on any atom is -0.470 e. The standard InChI is InChI=1S/C17H16F5N7O3/c1-16(17(21,22)6-32-15(24)29-16)12-7(18)2-3-9(26-12)27-14(30)11-13(23)28-10(4-25-11)31-5-8(19)20/h2-4,8H,5-6H2,1H3,(H2,23,28)(H2,24,29)(H,26,27,30). The predicted octanol–water partition coefficient (Wildman–Crippen LogP) is 1.68. The van der Waals surface area contributed by atoms with Crippen LogP contribution < -0.4 is 21.5 Å². The molecular formula is C17H16F5N7O3. The van der Waals surface area contributed by atoms with Crippen LogP contribution in [0.15, 0.2) is 23.3 Å². The second-order valence-electron chi connectivity index (χ2n) is 6.64. The Morgan fingerprint density at radius 1 is 1.31 bits per heavy atom. The molecule has 172 valence electrons. The predicted molar refractivity (Wildman–Crippen MR) is 100.0 cm³/mol. The summed E-state index contributed by atoms with van der Waals surface area (Å²) in [6.45, 7) is -1.19. The van der Waals surface area contributed by atoms with E-state index in [1.165, 1.54) is 0 Å². The van der Waals surface area contributed by atoms with Gasteiger partial charge in [0.15, 0.2) is 30.3 Å². The average Bonchev–Trinajstić information content (AvgIpc) is 2.71. The maximum Gasteiger partial charge on any atom is 0.311 e. The van der Waals surface area contributed by atoms with Crippen LogP contribution in [-0.2, 0) is 10.3 Å². The topological polar surface area (TPSA) is 151 Å². The number of carbonyl (C=O) groups excluding carboxylic acids is 1. The first-order valence-electron chi connectivity index (χ1n) is 8.81. The number of alkyl halides is 4. The summed E-state index contributed by atoms with van der Waals surface area (Å²) in [5.41, 5.74) is 7.23. The number of hydrogen-bond donors (Lipinski definition) is 3. The maximum absolute atomic E-state index is 14.5. The number of aromatic nitrogens is 3. The fraction of sp³-hybridized carbons (Fsp3) is 0.353. The average molecular weight is 461 g/mol. The summed E-state index contributed by atoms with van der Waals surface area (Å²) in [5.74, 6) is -6.90. The molecule has 1 atom stereocenters. The molecule has 2 aromatic rings. The number of halogens is 5. The number of hydrogen-bond acceptors (Lipinski definition) is 9. The zero-order valence-electron chi connectivity index (χ0n) is 16.3. The van der Waals surface area contributed by atoms with Gasteiger partial charge in [-0.15, -0.1) is 0 Å². The molecule has 0 saturated carbocycles. The number of amides is 1. The fourth-order valence-corrected chi connectivity index (χ4v) is 2.67. The highest BCUT2D eigenvalue weighted by atomic mass is 19.3. The molecule has 0 aromatic carbocycles. The number of nitrogens with two attached hydrogens (primary N) is 2. The summed E-state index contributed by atoms with van der Waals surface area (Å²) in [4.78, 5) is 27.0. The Balaban J connectivity index is 1.87. The Labute approximate surface area is 176 Å². The van der Waals surface area contributed by atoms with Gasteiger partial charge in [0.1, 0.15) is 17.3 Å². The molecule has 32 heavy (non-hydrogen) atoms. The number of aliphatic imine (C=N–C) groups is 1. The quantitative estimate of drug-likeness (QED) is 0.550. The second kappa shape index (κ2) is 8.39. The molecule has 3 rings (SSSR count). The highest BCUT2D eigenvalue weighted by Crippen LogP contribution is 2.43. The molecule has 0 spiro atoms. The molecule has 0 fully saturated rings. The third-order valence-corrected chi connectivity index (χ3v) is 4.35. The number of nitrogens with one attached hydrogen (secondary N) is 1. The summed E-state index contributed by atoms with van der Waals surface area (Å²) < 4.78 is 76.9. The van der Waals surface area contributed by atoms with Crippen molar-refractivity contribution in [3.63, 3.8) is 0 Å². The van der Waals surface area contributed by atoms with Crippen molar-refractivity contribution in [1.29, 1.82) is 0 Å². The largest absolute Gasteiger partial charge is 0.470 e. The molecule has 0 saturated heterocycles. The Bertz CT molecular complexity index is 1070. The Hall–Kier alpha value is -3.78. The van der Waals surface area contributed by atoms with Gasteiger partial charge in [0.05, 0.1) is 6.20 Å². The van der Waals surface area contributed by atoms with Crippen LogP contribution >= 0.6 is 0 Å². The highest BCUT2D eigenvalue weighted by Gasteiger charge is 2.57. The number of anilines is 2. The summed E-state index contributed by atoms with van der Waals surface area (Å²) >= 11 is 0. The molecule has 1 aliphatic heterocycles. The Morgan fingerprint density at radius 3 is 2.69 bits per heavy atom. The van der Waals surface area contributed by atoms with Gasteiger partial charge in [-0.2, -0.15) is 13.8 Å². The van der Waals surface area contributed by atoms with Gasteiger partial charge in [-0.25, -0.2) is 28.1 Å². The third-order valence-electron chi connectivity index (χ3n) is 4.35. The number of amidine groups is 1. The van der Waals surface area contributed by atoms with Crippen LogP contribution in [0.3, 0.4) is 0 Å². The molecule has 10 nitrogen and oxygen atoms in total.